The predicted molar refractivity (Wildman–Crippen MR) is 113 cm³/mol. The van der Waals surface area contributed by atoms with Gasteiger partial charge in [0.2, 0.25) is 5.91 Å². The van der Waals surface area contributed by atoms with E-state index >= 15 is 0 Å². The van der Waals surface area contributed by atoms with Crippen molar-refractivity contribution in [2.45, 2.75) is 88.2 Å². The molecule has 0 aromatic heterocycles. The third-order valence-electron chi connectivity index (χ3n) is 3.90. The van der Waals surface area contributed by atoms with Crippen molar-refractivity contribution in [3.8, 4) is 0 Å². The zero-order valence-corrected chi connectivity index (χ0v) is 20.0. The molecule has 0 aliphatic carbocycles. The molecular weight excluding hydrogens is 479 g/mol. The van der Waals surface area contributed by atoms with E-state index in [9.17, 15) is 14.4 Å². The monoisotopic (exact) mass is 512 g/mol. The predicted octanol–water partition coefficient (Wildman–Crippen LogP) is 3.01. The SMILES string of the molecule is COC(=O)C1CCCN1C(=O)C(CC(I)OC(C)(C)C)NC(=O)OC(C)(C)C. The second-order valence-electron chi connectivity index (χ2n) is 8.79. The van der Waals surface area contributed by atoms with Crippen molar-refractivity contribution in [3.05, 3.63) is 0 Å². The molecule has 1 saturated heterocycles. The first-order valence-electron chi connectivity index (χ1n) is 9.43. The molecular formula is C19H33IN2O6. The standard InChI is InChI=1S/C19H33IN2O6/c1-18(2,3)27-14(20)11-12(21-17(25)28-19(4,5)6)15(23)22-10-8-9-13(22)16(24)26-7/h12-14H,8-11H2,1-7H3,(H,21,25). The Labute approximate surface area is 181 Å². The summed E-state index contributed by atoms with van der Waals surface area (Å²) < 4.78 is 15.7. The van der Waals surface area contributed by atoms with Gasteiger partial charge in [-0.15, -0.1) is 0 Å². The molecule has 9 heteroatoms. The molecule has 1 N–H and O–H groups in total. The highest BCUT2D eigenvalue weighted by Gasteiger charge is 2.39. The van der Waals surface area contributed by atoms with Gasteiger partial charge in [-0.3, -0.25) is 4.79 Å². The normalized spacial score (nSPS) is 19.7. The van der Waals surface area contributed by atoms with E-state index in [1.54, 1.807) is 20.8 Å². The molecule has 2 amide bonds. The summed E-state index contributed by atoms with van der Waals surface area (Å²) in [5.74, 6) is -0.781. The van der Waals surface area contributed by atoms with Gasteiger partial charge in [-0.1, -0.05) is 22.6 Å². The van der Waals surface area contributed by atoms with Gasteiger partial charge < -0.3 is 24.4 Å². The average Bonchev–Trinajstić information content (AvgIpc) is 2.98. The van der Waals surface area contributed by atoms with Crippen LogP contribution in [0.25, 0.3) is 0 Å². The van der Waals surface area contributed by atoms with E-state index in [-0.39, 0.29) is 16.4 Å². The van der Waals surface area contributed by atoms with Gasteiger partial charge in [0.15, 0.2) is 0 Å². The van der Waals surface area contributed by atoms with Crippen LogP contribution in [-0.2, 0) is 23.8 Å². The third kappa shape index (κ3) is 8.50. The first kappa shape index (κ1) is 24.9. The van der Waals surface area contributed by atoms with Crippen molar-refractivity contribution >= 4 is 40.6 Å². The molecule has 3 unspecified atom stereocenters. The first-order chi connectivity index (χ1) is 12.7. The lowest BCUT2D eigenvalue weighted by molar-refractivity contribution is -0.151. The Bertz CT molecular complexity index is 570. The molecule has 1 rings (SSSR count). The number of esters is 1. The highest BCUT2D eigenvalue weighted by molar-refractivity contribution is 14.1. The maximum absolute atomic E-state index is 13.2. The van der Waals surface area contributed by atoms with Crippen LogP contribution in [0.1, 0.15) is 60.8 Å². The van der Waals surface area contributed by atoms with Gasteiger partial charge in [0.1, 0.15) is 21.8 Å². The number of amides is 2. The summed E-state index contributed by atoms with van der Waals surface area (Å²) in [5, 5.41) is 2.66. The van der Waals surface area contributed by atoms with Crippen LogP contribution in [0.2, 0.25) is 0 Å². The molecule has 0 spiro atoms. The number of halogens is 1. The van der Waals surface area contributed by atoms with Crippen LogP contribution in [0.5, 0.6) is 0 Å². The quantitative estimate of drug-likeness (QED) is 0.334. The summed E-state index contributed by atoms with van der Waals surface area (Å²) in [6, 6.07) is -1.50. The molecule has 1 heterocycles. The zero-order chi connectivity index (χ0) is 21.7. The van der Waals surface area contributed by atoms with Crippen LogP contribution in [-0.4, -0.2) is 63.9 Å². The molecule has 28 heavy (non-hydrogen) atoms. The van der Waals surface area contributed by atoms with E-state index in [0.717, 1.165) is 0 Å². The van der Waals surface area contributed by atoms with Crippen LogP contribution in [0.4, 0.5) is 4.79 Å². The number of rotatable bonds is 6. The van der Waals surface area contributed by atoms with Gasteiger partial charge in [0, 0.05) is 13.0 Å². The Morgan fingerprint density at radius 2 is 1.75 bits per heavy atom. The van der Waals surface area contributed by atoms with Crippen molar-refractivity contribution in [1.82, 2.24) is 10.2 Å². The summed E-state index contributed by atoms with van der Waals surface area (Å²) in [6.07, 6.45) is 0.819. The Morgan fingerprint density at radius 1 is 1.14 bits per heavy atom. The molecule has 162 valence electrons. The van der Waals surface area contributed by atoms with E-state index in [1.165, 1.54) is 12.0 Å². The van der Waals surface area contributed by atoms with Gasteiger partial charge in [0.25, 0.3) is 0 Å². The molecule has 8 nitrogen and oxygen atoms in total. The largest absolute Gasteiger partial charge is 0.467 e. The molecule has 3 atom stereocenters. The number of carbonyl (C=O) groups is 3. The van der Waals surface area contributed by atoms with E-state index < -0.39 is 35.3 Å². The van der Waals surface area contributed by atoms with Crippen LogP contribution in [0.15, 0.2) is 0 Å². The van der Waals surface area contributed by atoms with Crippen molar-refractivity contribution in [2.24, 2.45) is 0 Å². The second kappa shape index (κ2) is 10.1. The molecule has 1 aliphatic rings. The number of methoxy groups -OCH3 is 1. The van der Waals surface area contributed by atoms with Crippen LogP contribution < -0.4 is 5.32 Å². The van der Waals surface area contributed by atoms with Crippen molar-refractivity contribution in [1.29, 1.82) is 0 Å². The number of nitrogens with one attached hydrogen (secondary N) is 1. The number of nitrogens with zero attached hydrogens (tertiary/aromatic N) is 1. The van der Waals surface area contributed by atoms with Crippen molar-refractivity contribution in [3.63, 3.8) is 0 Å². The molecule has 0 aromatic rings. The summed E-state index contributed by atoms with van der Waals surface area (Å²) in [6.45, 7) is 11.5. The van der Waals surface area contributed by atoms with Crippen LogP contribution in [0.3, 0.4) is 0 Å². The minimum atomic E-state index is -0.871. The second-order valence-corrected chi connectivity index (χ2v) is 10.2. The Hall–Kier alpha value is -1.10. The van der Waals surface area contributed by atoms with Crippen LogP contribution in [0, 0.1) is 0 Å². The van der Waals surface area contributed by atoms with Crippen molar-refractivity contribution in [2.75, 3.05) is 13.7 Å². The maximum Gasteiger partial charge on any atom is 0.408 e. The molecule has 0 aromatic carbocycles. The Morgan fingerprint density at radius 3 is 2.25 bits per heavy atom. The number of hydrogen-bond acceptors (Lipinski definition) is 6. The fourth-order valence-corrected chi connectivity index (χ4v) is 4.17. The highest BCUT2D eigenvalue weighted by Crippen LogP contribution is 2.24. The Balaban J connectivity index is 2.96. The molecule has 1 aliphatic heterocycles. The molecule has 0 bridgehead atoms. The smallest absolute Gasteiger partial charge is 0.408 e. The van der Waals surface area contributed by atoms with E-state index in [4.69, 9.17) is 14.2 Å². The zero-order valence-electron chi connectivity index (χ0n) is 17.8. The maximum atomic E-state index is 13.2. The minimum Gasteiger partial charge on any atom is -0.467 e. The van der Waals surface area contributed by atoms with E-state index in [0.29, 0.717) is 19.4 Å². The first-order valence-corrected chi connectivity index (χ1v) is 10.7. The summed E-state index contributed by atoms with van der Waals surface area (Å²) >= 11 is 2.10. The van der Waals surface area contributed by atoms with Gasteiger partial charge >= 0.3 is 12.1 Å². The number of carbonyl (C=O) groups excluding carboxylic acids is 3. The number of likely N-dealkylation sites (tertiary alicyclic amines) is 1. The molecule has 0 radical (unpaired) electrons. The molecule has 0 saturated carbocycles. The lowest BCUT2D eigenvalue weighted by atomic mass is 10.1. The lowest BCUT2D eigenvalue weighted by Crippen LogP contribution is -2.53. The molecule has 1 fully saturated rings. The number of hydrogen-bond donors (Lipinski definition) is 1. The van der Waals surface area contributed by atoms with E-state index in [1.807, 2.05) is 20.8 Å². The summed E-state index contributed by atoms with van der Waals surface area (Å²) in [4.78, 5) is 39.0. The third-order valence-corrected chi connectivity index (χ3v) is 4.66. The highest BCUT2D eigenvalue weighted by atomic mass is 127. The number of ether oxygens (including phenoxy) is 3. The lowest BCUT2D eigenvalue weighted by Gasteiger charge is -2.31. The van der Waals surface area contributed by atoms with Gasteiger partial charge in [-0.25, -0.2) is 9.59 Å². The minimum absolute atomic E-state index is 0.250. The topological polar surface area (TPSA) is 94.2 Å². The van der Waals surface area contributed by atoms with Crippen LogP contribution >= 0.6 is 22.6 Å². The Kier molecular flexibility index (Phi) is 8.98. The fraction of sp³-hybridized carbons (Fsp3) is 0.842. The van der Waals surface area contributed by atoms with E-state index in [2.05, 4.69) is 27.9 Å². The van der Waals surface area contributed by atoms with Crippen molar-refractivity contribution < 1.29 is 28.6 Å². The van der Waals surface area contributed by atoms with Gasteiger partial charge in [-0.05, 0) is 54.4 Å². The summed E-state index contributed by atoms with van der Waals surface area (Å²) in [7, 11) is 1.30. The number of alkyl carbamates (subject to hydrolysis) is 1. The summed E-state index contributed by atoms with van der Waals surface area (Å²) in [5.41, 5.74) is -1.08. The average molecular weight is 512 g/mol. The fourth-order valence-electron chi connectivity index (χ4n) is 2.90. The van der Waals surface area contributed by atoms with Gasteiger partial charge in [-0.2, -0.15) is 0 Å². The number of alkyl halides is 1. The van der Waals surface area contributed by atoms with Gasteiger partial charge in [0.05, 0.1) is 12.7 Å².